The van der Waals surface area contributed by atoms with Crippen LogP contribution >= 0.6 is 0 Å². The van der Waals surface area contributed by atoms with Crippen LogP contribution in [0.4, 0.5) is 5.82 Å². The minimum atomic E-state index is -3.95. The fourth-order valence-corrected chi connectivity index (χ4v) is 3.58. The van der Waals surface area contributed by atoms with Gasteiger partial charge in [-0.25, -0.2) is 8.42 Å². The first-order chi connectivity index (χ1) is 11.6. The Balaban J connectivity index is 2.20. The molecule has 1 amide bonds. The molecular weight excluding hydrogens is 346 g/mol. The molecule has 2 rings (SSSR count). The van der Waals surface area contributed by atoms with Gasteiger partial charge in [-0.2, -0.15) is 4.72 Å². The van der Waals surface area contributed by atoms with Gasteiger partial charge in [0, 0.05) is 6.07 Å². The third-order valence-electron chi connectivity index (χ3n) is 3.67. The number of benzene rings is 1. The van der Waals surface area contributed by atoms with Crippen molar-refractivity contribution < 1.29 is 22.5 Å². The molecule has 0 radical (unpaired) electrons. The first-order valence-corrected chi connectivity index (χ1v) is 9.04. The second-order valence-corrected chi connectivity index (χ2v) is 7.42. The Morgan fingerprint density at radius 3 is 2.40 bits per heavy atom. The SMILES string of the molecule is COc1cc(C)c(C)cc1S(=O)(=O)N[C@@H](C)C(=O)Nc1cc(C)on1. The van der Waals surface area contributed by atoms with E-state index in [0.29, 0.717) is 5.76 Å². The second-order valence-electron chi connectivity index (χ2n) is 5.74. The standard InChI is InChI=1S/C16H21N3O5S/c1-9-6-13(23-5)14(7-10(9)2)25(21,22)19-12(4)16(20)17-15-8-11(3)24-18-15/h6-8,12,19H,1-5H3,(H,17,18,20)/t12-/m0/s1. The molecule has 8 nitrogen and oxygen atoms in total. The topological polar surface area (TPSA) is 111 Å². The summed E-state index contributed by atoms with van der Waals surface area (Å²) in [6.45, 7) is 6.78. The van der Waals surface area contributed by atoms with E-state index in [1.165, 1.54) is 26.2 Å². The Kier molecular flexibility index (Phi) is 5.48. The monoisotopic (exact) mass is 367 g/mol. The van der Waals surface area contributed by atoms with Crippen molar-refractivity contribution in [3.8, 4) is 5.75 Å². The third kappa shape index (κ3) is 4.37. The maximum Gasteiger partial charge on any atom is 0.244 e. The third-order valence-corrected chi connectivity index (χ3v) is 5.24. The molecule has 1 heterocycles. The molecule has 0 unspecified atom stereocenters. The maximum atomic E-state index is 12.6. The normalized spacial score (nSPS) is 12.7. The number of aryl methyl sites for hydroxylation is 3. The number of hydrogen-bond acceptors (Lipinski definition) is 6. The van der Waals surface area contributed by atoms with Crippen LogP contribution in [0.5, 0.6) is 5.75 Å². The minimum Gasteiger partial charge on any atom is -0.495 e. The van der Waals surface area contributed by atoms with Crippen LogP contribution < -0.4 is 14.8 Å². The summed E-state index contributed by atoms with van der Waals surface area (Å²) in [6, 6.07) is 3.67. The van der Waals surface area contributed by atoms with E-state index in [9.17, 15) is 13.2 Å². The smallest absolute Gasteiger partial charge is 0.244 e. The maximum absolute atomic E-state index is 12.6. The van der Waals surface area contributed by atoms with Crippen LogP contribution in [0.3, 0.4) is 0 Å². The van der Waals surface area contributed by atoms with Crippen LogP contribution in [0.2, 0.25) is 0 Å². The summed E-state index contributed by atoms with van der Waals surface area (Å²) in [5.74, 6) is 0.413. The number of carbonyl (C=O) groups excluding carboxylic acids is 1. The molecule has 2 aromatic rings. The molecule has 0 saturated carbocycles. The van der Waals surface area contributed by atoms with E-state index in [-0.39, 0.29) is 16.5 Å². The van der Waals surface area contributed by atoms with E-state index in [0.717, 1.165) is 11.1 Å². The Morgan fingerprint density at radius 1 is 1.20 bits per heavy atom. The van der Waals surface area contributed by atoms with Crippen molar-refractivity contribution in [1.29, 1.82) is 0 Å². The zero-order valence-electron chi connectivity index (χ0n) is 14.7. The molecule has 0 aliphatic carbocycles. The van der Waals surface area contributed by atoms with E-state index < -0.39 is 22.0 Å². The van der Waals surface area contributed by atoms with Crippen molar-refractivity contribution in [3.63, 3.8) is 0 Å². The predicted octanol–water partition coefficient (Wildman–Crippen LogP) is 1.91. The molecule has 0 aliphatic heterocycles. The molecule has 1 atom stereocenters. The quantitative estimate of drug-likeness (QED) is 0.807. The van der Waals surface area contributed by atoms with Gasteiger partial charge in [-0.1, -0.05) is 5.16 Å². The Labute approximate surface area is 146 Å². The lowest BCUT2D eigenvalue weighted by Crippen LogP contribution is -2.41. The van der Waals surface area contributed by atoms with Crippen LogP contribution in [0, 0.1) is 20.8 Å². The molecule has 0 aliphatic rings. The average Bonchev–Trinajstić information content (AvgIpc) is 2.93. The summed E-state index contributed by atoms with van der Waals surface area (Å²) in [5.41, 5.74) is 1.71. The number of amides is 1. The first-order valence-electron chi connectivity index (χ1n) is 7.56. The molecule has 0 bridgehead atoms. The molecule has 1 aromatic heterocycles. The number of methoxy groups -OCH3 is 1. The van der Waals surface area contributed by atoms with Crippen LogP contribution in [0.15, 0.2) is 27.6 Å². The number of hydrogen-bond donors (Lipinski definition) is 2. The largest absolute Gasteiger partial charge is 0.495 e. The summed E-state index contributed by atoms with van der Waals surface area (Å²) in [5, 5.41) is 6.12. The van der Waals surface area contributed by atoms with Gasteiger partial charge in [0.25, 0.3) is 0 Å². The van der Waals surface area contributed by atoms with Crippen LogP contribution in [-0.2, 0) is 14.8 Å². The summed E-state index contributed by atoms with van der Waals surface area (Å²) < 4.78 is 37.6. The van der Waals surface area contributed by atoms with Gasteiger partial charge in [0.05, 0.1) is 13.2 Å². The highest BCUT2D eigenvalue weighted by molar-refractivity contribution is 7.89. The van der Waals surface area contributed by atoms with E-state index in [1.54, 1.807) is 19.9 Å². The first kappa shape index (κ1) is 18.9. The molecule has 25 heavy (non-hydrogen) atoms. The van der Waals surface area contributed by atoms with Crippen LogP contribution in [0.1, 0.15) is 23.8 Å². The van der Waals surface area contributed by atoms with Gasteiger partial charge in [-0.15, -0.1) is 0 Å². The van der Waals surface area contributed by atoms with Crippen molar-refractivity contribution in [3.05, 3.63) is 35.1 Å². The highest BCUT2D eigenvalue weighted by atomic mass is 32.2. The minimum absolute atomic E-state index is 0.0185. The van der Waals surface area contributed by atoms with E-state index in [4.69, 9.17) is 9.26 Å². The van der Waals surface area contributed by atoms with Gasteiger partial charge < -0.3 is 14.6 Å². The highest BCUT2D eigenvalue weighted by Gasteiger charge is 2.26. The zero-order chi connectivity index (χ0) is 18.8. The molecule has 1 aromatic carbocycles. The van der Waals surface area contributed by atoms with Gasteiger partial charge in [-0.3, -0.25) is 4.79 Å². The van der Waals surface area contributed by atoms with Gasteiger partial charge >= 0.3 is 0 Å². The molecule has 2 N–H and O–H groups in total. The number of anilines is 1. The van der Waals surface area contributed by atoms with Gasteiger partial charge in [-0.05, 0) is 51.0 Å². The molecule has 0 spiro atoms. The van der Waals surface area contributed by atoms with E-state index in [2.05, 4.69) is 15.2 Å². The van der Waals surface area contributed by atoms with Gasteiger partial charge in [0.2, 0.25) is 15.9 Å². The van der Waals surface area contributed by atoms with Gasteiger partial charge in [0.15, 0.2) is 5.82 Å². The fraction of sp³-hybridized carbons (Fsp3) is 0.375. The molecule has 0 saturated heterocycles. The van der Waals surface area contributed by atoms with Crippen molar-refractivity contribution in [2.45, 2.75) is 38.6 Å². The fourth-order valence-electron chi connectivity index (χ4n) is 2.14. The lowest BCUT2D eigenvalue weighted by Gasteiger charge is -2.16. The second kappa shape index (κ2) is 7.24. The lowest BCUT2D eigenvalue weighted by atomic mass is 10.1. The Hall–Kier alpha value is -2.39. The number of ether oxygens (including phenoxy) is 1. The molecular formula is C16H21N3O5S. The summed E-state index contributed by atoms with van der Waals surface area (Å²) >= 11 is 0. The number of nitrogens with zero attached hydrogens (tertiary/aromatic N) is 1. The van der Waals surface area contributed by atoms with E-state index in [1.807, 2.05) is 6.92 Å². The number of sulfonamides is 1. The number of rotatable bonds is 6. The summed E-state index contributed by atoms with van der Waals surface area (Å²) in [6.07, 6.45) is 0. The van der Waals surface area contributed by atoms with Crippen LogP contribution in [0.25, 0.3) is 0 Å². The summed E-state index contributed by atoms with van der Waals surface area (Å²) in [4.78, 5) is 12.1. The molecule has 136 valence electrons. The van der Waals surface area contributed by atoms with E-state index >= 15 is 0 Å². The average molecular weight is 367 g/mol. The van der Waals surface area contributed by atoms with Gasteiger partial charge in [0.1, 0.15) is 16.4 Å². The zero-order valence-corrected chi connectivity index (χ0v) is 15.5. The van der Waals surface area contributed by atoms with Crippen molar-refractivity contribution in [1.82, 2.24) is 9.88 Å². The predicted molar refractivity (Wildman–Crippen MR) is 92.1 cm³/mol. The Morgan fingerprint density at radius 2 is 1.84 bits per heavy atom. The lowest BCUT2D eigenvalue weighted by molar-refractivity contribution is -0.117. The number of carbonyl (C=O) groups is 1. The van der Waals surface area contributed by atoms with Crippen molar-refractivity contribution in [2.75, 3.05) is 12.4 Å². The van der Waals surface area contributed by atoms with Crippen molar-refractivity contribution in [2.24, 2.45) is 0 Å². The molecule has 0 fully saturated rings. The number of nitrogens with one attached hydrogen (secondary N) is 2. The Bertz CT molecular complexity index is 889. The van der Waals surface area contributed by atoms with Crippen LogP contribution in [-0.4, -0.2) is 32.6 Å². The highest BCUT2D eigenvalue weighted by Crippen LogP contribution is 2.27. The molecule has 9 heteroatoms. The van der Waals surface area contributed by atoms with Crippen molar-refractivity contribution >= 4 is 21.7 Å². The number of aromatic nitrogens is 1. The summed E-state index contributed by atoms with van der Waals surface area (Å²) in [7, 11) is -2.56.